The number of benzene rings is 1. The molecule has 1 fully saturated rings. The Morgan fingerprint density at radius 2 is 2.28 bits per heavy atom. The van der Waals surface area contributed by atoms with E-state index < -0.39 is 11.6 Å². The second-order valence-corrected chi connectivity index (χ2v) is 5.95. The lowest BCUT2D eigenvalue weighted by Gasteiger charge is -2.19. The lowest BCUT2D eigenvalue weighted by atomic mass is 10.1. The van der Waals surface area contributed by atoms with Gasteiger partial charge in [0.1, 0.15) is 17.7 Å². The van der Waals surface area contributed by atoms with Crippen molar-refractivity contribution in [3.63, 3.8) is 0 Å². The maximum atomic E-state index is 13.6. The summed E-state index contributed by atoms with van der Waals surface area (Å²) in [4.78, 5) is 12.1. The Balaban J connectivity index is 1.51. The van der Waals surface area contributed by atoms with Gasteiger partial charge >= 0.3 is 0 Å². The molecule has 1 saturated heterocycles. The molecule has 1 N–H and O–H groups in total. The lowest BCUT2D eigenvalue weighted by Crippen LogP contribution is -2.45. The van der Waals surface area contributed by atoms with E-state index >= 15 is 0 Å². The Labute approximate surface area is 143 Å². The van der Waals surface area contributed by atoms with Crippen molar-refractivity contribution in [1.82, 2.24) is 15.1 Å². The molecule has 134 valence electrons. The van der Waals surface area contributed by atoms with Crippen molar-refractivity contribution in [3.05, 3.63) is 47.8 Å². The number of hydrogen-bond donors (Lipinski definition) is 1. The number of aromatic nitrogens is 2. The molecule has 1 amide bonds. The van der Waals surface area contributed by atoms with Crippen LogP contribution in [0.15, 0.2) is 30.6 Å². The molecule has 0 spiro atoms. The van der Waals surface area contributed by atoms with Crippen LogP contribution in [0.3, 0.4) is 0 Å². The van der Waals surface area contributed by atoms with Crippen molar-refractivity contribution in [2.24, 2.45) is 7.05 Å². The maximum absolute atomic E-state index is 13.6. The largest absolute Gasteiger partial charge is 0.482 e. The van der Waals surface area contributed by atoms with Crippen LogP contribution in [-0.2, 0) is 23.0 Å². The van der Waals surface area contributed by atoms with Crippen LogP contribution in [0.25, 0.3) is 0 Å². The van der Waals surface area contributed by atoms with Crippen LogP contribution in [0.4, 0.5) is 8.78 Å². The molecular formula is C17H19F2N3O3. The topological polar surface area (TPSA) is 65.4 Å². The fourth-order valence-corrected chi connectivity index (χ4v) is 2.67. The van der Waals surface area contributed by atoms with Crippen molar-refractivity contribution in [3.8, 4) is 5.75 Å². The van der Waals surface area contributed by atoms with Crippen molar-refractivity contribution in [1.29, 1.82) is 0 Å². The van der Waals surface area contributed by atoms with Gasteiger partial charge in [-0.3, -0.25) is 9.48 Å². The van der Waals surface area contributed by atoms with Gasteiger partial charge in [0.2, 0.25) is 5.91 Å². The number of hydrogen-bond acceptors (Lipinski definition) is 4. The summed E-state index contributed by atoms with van der Waals surface area (Å²) in [6, 6.07) is 3.06. The fourth-order valence-electron chi connectivity index (χ4n) is 2.67. The number of rotatable bonds is 6. The summed E-state index contributed by atoms with van der Waals surface area (Å²) in [6.45, 7) is 0.716. The second kappa shape index (κ2) is 7.60. The summed E-state index contributed by atoms with van der Waals surface area (Å²) in [6.07, 6.45) is 3.30. The van der Waals surface area contributed by atoms with Crippen molar-refractivity contribution in [2.75, 3.05) is 13.2 Å². The van der Waals surface area contributed by atoms with Gasteiger partial charge in [-0.2, -0.15) is 5.10 Å². The third kappa shape index (κ3) is 4.54. The quantitative estimate of drug-likeness (QED) is 0.858. The first-order valence-corrected chi connectivity index (χ1v) is 7.97. The lowest BCUT2D eigenvalue weighted by molar-refractivity contribution is -0.122. The van der Waals surface area contributed by atoms with E-state index in [9.17, 15) is 13.6 Å². The molecule has 3 rings (SSSR count). The van der Waals surface area contributed by atoms with Gasteiger partial charge in [0, 0.05) is 19.5 Å². The number of amides is 1. The van der Waals surface area contributed by atoms with Crippen LogP contribution in [-0.4, -0.2) is 41.0 Å². The zero-order valence-electron chi connectivity index (χ0n) is 13.7. The van der Waals surface area contributed by atoms with E-state index in [1.165, 1.54) is 12.1 Å². The zero-order chi connectivity index (χ0) is 17.8. The predicted octanol–water partition coefficient (Wildman–Crippen LogP) is 1.59. The highest BCUT2D eigenvalue weighted by Crippen LogP contribution is 2.17. The Morgan fingerprint density at radius 3 is 3.00 bits per heavy atom. The molecule has 8 heteroatoms. The van der Waals surface area contributed by atoms with Crippen LogP contribution in [0.2, 0.25) is 0 Å². The second-order valence-electron chi connectivity index (χ2n) is 5.95. The summed E-state index contributed by atoms with van der Waals surface area (Å²) in [5.74, 6) is -0.913. The van der Waals surface area contributed by atoms with Gasteiger partial charge in [-0.15, -0.1) is 0 Å². The van der Waals surface area contributed by atoms with Crippen molar-refractivity contribution in [2.45, 2.75) is 25.0 Å². The molecule has 2 heterocycles. The Bertz CT molecular complexity index is 750. The minimum Gasteiger partial charge on any atom is -0.482 e. The number of carbonyl (C=O) groups excluding carboxylic acids is 1. The number of nitrogens with one attached hydrogen (secondary N) is 1. The van der Waals surface area contributed by atoms with Gasteiger partial charge in [0.25, 0.3) is 0 Å². The molecular weight excluding hydrogens is 332 g/mol. The first-order chi connectivity index (χ1) is 12.0. The molecule has 25 heavy (non-hydrogen) atoms. The minimum atomic E-state index is -0.644. The van der Waals surface area contributed by atoms with E-state index in [0.717, 1.165) is 6.07 Å². The van der Waals surface area contributed by atoms with Crippen LogP contribution < -0.4 is 10.1 Å². The Morgan fingerprint density at radius 1 is 1.44 bits per heavy atom. The fraction of sp³-hybridized carbons (Fsp3) is 0.412. The van der Waals surface area contributed by atoms with Gasteiger partial charge in [-0.1, -0.05) is 6.07 Å². The highest BCUT2D eigenvalue weighted by molar-refractivity contribution is 5.76. The van der Waals surface area contributed by atoms with Crippen molar-refractivity contribution >= 4 is 5.91 Å². The summed E-state index contributed by atoms with van der Waals surface area (Å²) in [5.41, 5.74) is 0.308. The summed E-state index contributed by atoms with van der Waals surface area (Å²) < 4.78 is 39.3. The molecule has 1 aromatic carbocycles. The molecule has 2 atom stereocenters. The molecule has 0 radical (unpaired) electrons. The highest BCUT2D eigenvalue weighted by atomic mass is 19.1. The molecule has 2 aromatic rings. The van der Waals surface area contributed by atoms with Gasteiger partial charge in [-0.25, -0.2) is 8.78 Å². The summed E-state index contributed by atoms with van der Waals surface area (Å²) in [7, 11) is 1.78. The van der Waals surface area contributed by atoms with Crippen LogP contribution >= 0.6 is 0 Å². The van der Waals surface area contributed by atoms with E-state index in [2.05, 4.69) is 10.4 Å². The Hall–Kier alpha value is -2.48. The number of halogens is 2. The number of carbonyl (C=O) groups is 1. The molecule has 0 unspecified atom stereocenters. The minimum absolute atomic E-state index is 0.0959. The standard InChI is InChI=1S/C17H19F2N3O3/c1-22-8-13(7-20-22)25-16-10-24-9-15(16)21-17(23)5-3-11-2-4-12(18)6-14(11)19/h2,4,6-8,15-16H,3,5,9-10H2,1H3,(H,21,23)/t15-,16+/m0/s1. The first kappa shape index (κ1) is 17.3. The SMILES string of the molecule is Cn1cc(O[C@@H]2COC[C@@H]2NC(=O)CCc2ccc(F)cc2F)cn1. The molecule has 0 saturated carbocycles. The zero-order valence-corrected chi connectivity index (χ0v) is 13.7. The van der Waals surface area contributed by atoms with Gasteiger partial charge in [0.15, 0.2) is 5.75 Å². The molecule has 6 nitrogen and oxygen atoms in total. The van der Waals surface area contributed by atoms with Crippen LogP contribution in [0.1, 0.15) is 12.0 Å². The molecule has 0 bridgehead atoms. The van der Waals surface area contributed by atoms with Crippen LogP contribution in [0, 0.1) is 11.6 Å². The van der Waals surface area contributed by atoms with E-state index in [1.807, 2.05) is 0 Å². The van der Waals surface area contributed by atoms with Gasteiger partial charge in [-0.05, 0) is 18.1 Å². The van der Waals surface area contributed by atoms with Crippen LogP contribution in [0.5, 0.6) is 5.75 Å². The molecule has 1 aromatic heterocycles. The van der Waals surface area contributed by atoms with Gasteiger partial charge in [0.05, 0.1) is 31.6 Å². The predicted molar refractivity (Wildman–Crippen MR) is 85.1 cm³/mol. The number of nitrogens with zero attached hydrogens (tertiary/aromatic N) is 2. The molecule has 1 aliphatic rings. The van der Waals surface area contributed by atoms with Gasteiger partial charge < -0.3 is 14.8 Å². The van der Waals surface area contributed by atoms with E-state index in [1.54, 1.807) is 24.1 Å². The third-order valence-corrected chi connectivity index (χ3v) is 3.98. The number of ether oxygens (including phenoxy) is 2. The first-order valence-electron chi connectivity index (χ1n) is 7.97. The molecule has 1 aliphatic heterocycles. The summed E-state index contributed by atoms with van der Waals surface area (Å²) in [5, 5.41) is 6.87. The molecule has 0 aliphatic carbocycles. The van der Waals surface area contributed by atoms with Crippen molar-refractivity contribution < 1.29 is 23.0 Å². The maximum Gasteiger partial charge on any atom is 0.220 e. The monoisotopic (exact) mass is 351 g/mol. The summed E-state index contributed by atoms with van der Waals surface area (Å²) >= 11 is 0. The number of aryl methyl sites for hydroxylation is 2. The van der Waals surface area contributed by atoms with E-state index in [0.29, 0.717) is 24.5 Å². The third-order valence-electron chi connectivity index (χ3n) is 3.98. The smallest absolute Gasteiger partial charge is 0.220 e. The average molecular weight is 351 g/mol. The highest BCUT2D eigenvalue weighted by Gasteiger charge is 2.31. The normalized spacial score (nSPS) is 19.8. The average Bonchev–Trinajstić information content (AvgIpc) is 3.16. The van der Waals surface area contributed by atoms with E-state index in [4.69, 9.17) is 9.47 Å². The van der Waals surface area contributed by atoms with E-state index in [-0.39, 0.29) is 30.9 Å². The Kier molecular flexibility index (Phi) is 5.28.